The third-order valence-corrected chi connectivity index (χ3v) is 1.71. The number of hydrogen-bond donors (Lipinski definition) is 1. The van der Waals surface area contributed by atoms with Crippen molar-refractivity contribution in [3.63, 3.8) is 0 Å². The molecule has 48 valence electrons. The summed E-state index contributed by atoms with van der Waals surface area (Å²) in [6, 6.07) is 0. The molecule has 1 N–H and O–H groups in total. The Labute approximate surface area is 48.5 Å². The van der Waals surface area contributed by atoms with E-state index < -0.39 is 12.3 Å². The number of alkyl halides is 1. The Balaban J connectivity index is 2.30. The van der Waals surface area contributed by atoms with Crippen LogP contribution in [0, 0.1) is 5.92 Å². The summed E-state index contributed by atoms with van der Waals surface area (Å²) >= 11 is 0. The molecule has 1 aliphatic carbocycles. The Hall–Kier alpha value is -0.110. The fourth-order valence-corrected chi connectivity index (χ4v) is 1.35. The van der Waals surface area contributed by atoms with Crippen LogP contribution in [0.3, 0.4) is 0 Å². The van der Waals surface area contributed by atoms with Crippen LogP contribution in [0.25, 0.3) is 0 Å². The average molecular weight is 118 g/mol. The summed E-state index contributed by atoms with van der Waals surface area (Å²) in [6.45, 7) is 1.45. The van der Waals surface area contributed by atoms with E-state index in [1.165, 1.54) is 0 Å². The summed E-state index contributed by atoms with van der Waals surface area (Å²) in [5, 5.41) is 9.01. The minimum absolute atomic E-state index is 0.524. The van der Waals surface area contributed by atoms with E-state index >= 15 is 0 Å². The number of hydrogen-bond acceptors (Lipinski definition) is 1. The highest BCUT2D eigenvalue weighted by Crippen LogP contribution is 2.37. The molecule has 8 heavy (non-hydrogen) atoms. The second-order valence-corrected chi connectivity index (χ2v) is 2.87. The van der Waals surface area contributed by atoms with E-state index in [9.17, 15) is 4.39 Å². The van der Waals surface area contributed by atoms with Gasteiger partial charge >= 0.3 is 0 Å². The van der Waals surface area contributed by atoms with E-state index in [1.807, 2.05) is 6.92 Å². The first-order valence-corrected chi connectivity index (χ1v) is 2.95. The number of aliphatic hydroxyl groups is 1. The summed E-state index contributed by atoms with van der Waals surface area (Å²) in [6.07, 6.45) is 1.28. The summed E-state index contributed by atoms with van der Waals surface area (Å²) in [5.74, 6) is 0.524. The molecule has 0 aromatic heterocycles. The highest BCUT2D eigenvalue weighted by atomic mass is 19.1. The van der Waals surface area contributed by atoms with Crippen LogP contribution in [-0.2, 0) is 0 Å². The molecule has 0 unspecified atom stereocenters. The van der Waals surface area contributed by atoms with Gasteiger partial charge in [0.05, 0.1) is 5.60 Å². The molecule has 1 fully saturated rings. The van der Waals surface area contributed by atoms with E-state index in [0.29, 0.717) is 18.8 Å². The fraction of sp³-hybridized carbons (Fsp3) is 1.00. The molecule has 2 heteroatoms. The molecule has 1 nitrogen and oxygen atoms in total. The first-order valence-electron chi connectivity index (χ1n) is 2.95. The van der Waals surface area contributed by atoms with Crippen LogP contribution >= 0.6 is 0 Å². The lowest BCUT2D eigenvalue weighted by Gasteiger charge is -2.39. The first-order chi connectivity index (χ1) is 3.66. The van der Waals surface area contributed by atoms with Crippen LogP contribution in [0.2, 0.25) is 0 Å². The molecular formula is C6H11FO. The van der Waals surface area contributed by atoms with Gasteiger partial charge in [-0.3, -0.25) is 0 Å². The molecule has 0 aromatic carbocycles. The van der Waals surface area contributed by atoms with Gasteiger partial charge in [-0.2, -0.15) is 0 Å². The molecular weight excluding hydrogens is 107 g/mol. The summed E-state index contributed by atoms with van der Waals surface area (Å²) in [7, 11) is 0. The molecule has 0 atom stereocenters. The number of rotatable bonds is 1. The zero-order valence-corrected chi connectivity index (χ0v) is 5.02. The zero-order valence-electron chi connectivity index (χ0n) is 5.02. The van der Waals surface area contributed by atoms with Crippen LogP contribution in [0.4, 0.5) is 4.39 Å². The van der Waals surface area contributed by atoms with Gasteiger partial charge in [0.2, 0.25) is 0 Å². The Bertz CT molecular complexity index is 86.5. The van der Waals surface area contributed by atoms with E-state index in [4.69, 9.17) is 5.11 Å². The SMILES string of the molecule is CC1CC(O)(CF)C1. The smallest absolute Gasteiger partial charge is 0.118 e. The van der Waals surface area contributed by atoms with Crippen molar-refractivity contribution in [2.75, 3.05) is 6.67 Å². The third kappa shape index (κ3) is 0.848. The van der Waals surface area contributed by atoms with Gasteiger partial charge in [-0.15, -0.1) is 0 Å². The van der Waals surface area contributed by atoms with Crippen molar-refractivity contribution in [2.24, 2.45) is 5.92 Å². The largest absolute Gasteiger partial charge is 0.387 e. The van der Waals surface area contributed by atoms with Crippen molar-refractivity contribution in [1.82, 2.24) is 0 Å². The molecule has 0 heterocycles. The monoisotopic (exact) mass is 118 g/mol. The summed E-state index contributed by atoms with van der Waals surface area (Å²) < 4.78 is 11.7. The standard InChI is InChI=1S/C6H11FO/c1-5-2-6(8,3-5)4-7/h5,8H,2-4H2,1H3. The fourth-order valence-electron chi connectivity index (χ4n) is 1.35. The quantitative estimate of drug-likeness (QED) is 0.547. The van der Waals surface area contributed by atoms with Crippen molar-refractivity contribution in [2.45, 2.75) is 25.4 Å². The summed E-state index contributed by atoms with van der Waals surface area (Å²) in [5.41, 5.74) is -0.931. The van der Waals surface area contributed by atoms with Crippen molar-refractivity contribution >= 4 is 0 Å². The van der Waals surface area contributed by atoms with Gasteiger partial charge in [0, 0.05) is 0 Å². The molecule has 1 saturated carbocycles. The molecule has 0 radical (unpaired) electrons. The van der Waals surface area contributed by atoms with Crippen LogP contribution in [0.5, 0.6) is 0 Å². The normalized spacial score (nSPS) is 46.1. The van der Waals surface area contributed by atoms with Gasteiger partial charge < -0.3 is 5.11 Å². The second-order valence-electron chi connectivity index (χ2n) is 2.87. The van der Waals surface area contributed by atoms with E-state index in [-0.39, 0.29) is 0 Å². The molecule has 1 rings (SSSR count). The van der Waals surface area contributed by atoms with E-state index in [2.05, 4.69) is 0 Å². The predicted octanol–water partition coefficient (Wildman–Crippen LogP) is 1.12. The molecule has 0 spiro atoms. The van der Waals surface area contributed by atoms with Gasteiger partial charge in [0.15, 0.2) is 0 Å². The van der Waals surface area contributed by atoms with Gasteiger partial charge in [0.1, 0.15) is 6.67 Å². The highest BCUT2D eigenvalue weighted by molar-refractivity contribution is 4.91. The topological polar surface area (TPSA) is 20.2 Å². The lowest BCUT2D eigenvalue weighted by Crippen LogP contribution is -2.44. The van der Waals surface area contributed by atoms with Crippen molar-refractivity contribution < 1.29 is 9.50 Å². The van der Waals surface area contributed by atoms with E-state index in [1.54, 1.807) is 0 Å². The molecule has 0 aromatic rings. The average Bonchev–Trinajstić information content (AvgIpc) is 1.63. The zero-order chi connectivity index (χ0) is 6.20. The van der Waals surface area contributed by atoms with Gasteiger partial charge in [-0.25, -0.2) is 4.39 Å². The second kappa shape index (κ2) is 1.69. The first kappa shape index (κ1) is 6.02. The Morgan fingerprint density at radius 1 is 1.75 bits per heavy atom. The molecule has 0 bridgehead atoms. The maximum atomic E-state index is 11.7. The maximum absolute atomic E-state index is 11.7. The minimum atomic E-state index is -0.931. The Morgan fingerprint density at radius 2 is 2.25 bits per heavy atom. The van der Waals surface area contributed by atoms with Crippen LogP contribution in [0.15, 0.2) is 0 Å². The van der Waals surface area contributed by atoms with Crippen LogP contribution in [-0.4, -0.2) is 17.4 Å². The van der Waals surface area contributed by atoms with Crippen molar-refractivity contribution in [1.29, 1.82) is 0 Å². The van der Waals surface area contributed by atoms with Crippen LogP contribution < -0.4 is 0 Å². The number of halogens is 1. The van der Waals surface area contributed by atoms with Crippen molar-refractivity contribution in [3.05, 3.63) is 0 Å². The molecule has 1 aliphatic rings. The third-order valence-electron chi connectivity index (χ3n) is 1.71. The van der Waals surface area contributed by atoms with Gasteiger partial charge in [-0.1, -0.05) is 6.92 Å². The Morgan fingerprint density at radius 3 is 2.38 bits per heavy atom. The molecule has 0 saturated heterocycles. The summed E-state index contributed by atoms with van der Waals surface area (Å²) in [4.78, 5) is 0. The molecule has 0 aliphatic heterocycles. The van der Waals surface area contributed by atoms with Gasteiger partial charge in [-0.05, 0) is 18.8 Å². The van der Waals surface area contributed by atoms with Crippen molar-refractivity contribution in [3.8, 4) is 0 Å². The van der Waals surface area contributed by atoms with E-state index in [0.717, 1.165) is 0 Å². The maximum Gasteiger partial charge on any atom is 0.118 e. The molecule has 0 amide bonds. The Kier molecular flexibility index (Phi) is 1.27. The minimum Gasteiger partial charge on any atom is -0.387 e. The highest BCUT2D eigenvalue weighted by Gasteiger charge is 2.39. The van der Waals surface area contributed by atoms with Crippen LogP contribution in [0.1, 0.15) is 19.8 Å². The van der Waals surface area contributed by atoms with Gasteiger partial charge in [0.25, 0.3) is 0 Å². The lowest BCUT2D eigenvalue weighted by molar-refractivity contribution is -0.0828. The lowest BCUT2D eigenvalue weighted by atomic mass is 9.73. The predicted molar refractivity (Wildman–Crippen MR) is 29.3 cm³/mol.